The monoisotopic (exact) mass is 261 g/mol. The summed E-state index contributed by atoms with van der Waals surface area (Å²) in [7, 11) is 0. The molecule has 1 unspecified atom stereocenters. The van der Waals surface area contributed by atoms with Crippen LogP contribution < -0.4 is 0 Å². The average molecular weight is 261 g/mol. The van der Waals surface area contributed by atoms with Crippen LogP contribution in [0.4, 0.5) is 0 Å². The fourth-order valence-corrected chi connectivity index (χ4v) is 2.91. The second kappa shape index (κ2) is 6.83. The van der Waals surface area contributed by atoms with Crippen LogP contribution in [0, 0.1) is 0 Å². The van der Waals surface area contributed by atoms with Gasteiger partial charge in [0.05, 0.1) is 0 Å². The van der Waals surface area contributed by atoms with Crippen LogP contribution in [0.1, 0.15) is 43.4 Å². The fourth-order valence-electron chi connectivity index (χ4n) is 2.91. The topological polar surface area (TPSA) is 40.5 Å². The first-order chi connectivity index (χ1) is 9.22. The molecule has 0 amide bonds. The minimum Gasteiger partial charge on any atom is -0.396 e. The number of hydrogen-bond acceptors (Lipinski definition) is 3. The van der Waals surface area contributed by atoms with E-state index >= 15 is 0 Å². The molecule has 0 spiro atoms. The Bertz CT molecular complexity index is 431. The van der Waals surface area contributed by atoms with Gasteiger partial charge in [-0.3, -0.25) is 9.69 Å². The van der Waals surface area contributed by atoms with Crippen molar-refractivity contribution in [3.05, 3.63) is 35.4 Å². The molecule has 0 heterocycles. The van der Waals surface area contributed by atoms with Gasteiger partial charge in [0.2, 0.25) is 0 Å². The van der Waals surface area contributed by atoms with Gasteiger partial charge in [-0.2, -0.15) is 0 Å². The predicted octanol–water partition coefficient (Wildman–Crippen LogP) is 2.34. The molecule has 0 saturated heterocycles. The minimum absolute atomic E-state index is 0.213. The highest BCUT2D eigenvalue weighted by atomic mass is 16.3. The van der Waals surface area contributed by atoms with Gasteiger partial charge in [0.15, 0.2) is 0 Å². The molecule has 2 rings (SSSR count). The van der Waals surface area contributed by atoms with Crippen LogP contribution in [0.5, 0.6) is 0 Å². The number of aliphatic hydroxyl groups excluding tert-OH is 1. The molecule has 1 aliphatic carbocycles. The van der Waals surface area contributed by atoms with E-state index in [2.05, 4.69) is 29.2 Å². The molecule has 1 aromatic rings. The second-order valence-electron chi connectivity index (χ2n) is 5.32. The molecule has 0 fully saturated rings. The molecule has 19 heavy (non-hydrogen) atoms. The van der Waals surface area contributed by atoms with Gasteiger partial charge >= 0.3 is 0 Å². The van der Waals surface area contributed by atoms with E-state index in [-0.39, 0.29) is 12.4 Å². The van der Waals surface area contributed by atoms with Crippen LogP contribution in [0.25, 0.3) is 0 Å². The number of Topliss-reactive ketones (excluding diaryl/α,β-unsaturated/α-hetero) is 1. The smallest absolute Gasteiger partial charge is 0.131 e. The molecule has 0 aromatic heterocycles. The molecule has 0 aliphatic heterocycles. The highest BCUT2D eigenvalue weighted by molar-refractivity contribution is 5.75. The number of hydrogen-bond donors (Lipinski definition) is 1. The largest absolute Gasteiger partial charge is 0.396 e. The molecule has 3 nitrogen and oxygen atoms in total. The Morgan fingerprint density at radius 2 is 2.16 bits per heavy atom. The van der Waals surface area contributed by atoms with Gasteiger partial charge in [-0.1, -0.05) is 24.3 Å². The summed E-state index contributed by atoms with van der Waals surface area (Å²) >= 11 is 0. The van der Waals surface area contributed by atoms with Crippen LogP contribution in [0.3, 0.4) is 0 Å². The van der Waals surface area contributed by atoms with E-state index < -0.39 is 0 Å². The molecule has 0 saturated carbocycles. The molecule has 3 heteroatoms. The van der Waals surface area contributed by atoms with E-state index in [0.717, 1.165) is 32.4 Å². The number of rotatable bonds is 7. The van der Waals surface area contributed by atoms with Crippen LogP contribution in [-0.4, -0.2) is 35.5 Å². The lowest BCUT2D eigenvalue weighted by Crippen LogP contribution is -2.31. The summed E-state index contributed by atoms with van der Waals surface area (Å²) in [6.45, 7) is 3.52. The average Bonchev–Trinajstić information content (AvgIpc) is 2.83. The molecule has 1 aromatic carbocycles. The molecule has 1 N–H and O–H groups in total. The summed E-state index contributed by atoms with van der Waals surface area (Å²) in [6.07, 6.45) is 3.62. The molecular weight excluding hydrogens is 238 g/mol. The molecule has 1 aliphatic rings. The molecule has 0 bridgehead atoms. The van der Waals surface area contributed by atoms with Crippen molar-refractivity contribution in [2.75, 3.05) is 19.7 Å². The van der Waals surface area contributed by atoms with E-state index in [4.69, 9.17) is 5.11 Å². The number of benzene rings is 1. The van der Waals surface area contributed by atoms with E-state index in [0.29, 0.717) is 12.5 Å². The Kier molecular flexibility index (Phi) is 5.11. The van der Waals surface area contributed by atoms with Gasteiger partial charge in [0.1, 0.15) is 5.78 Å². The Balaban J connectivity index is 2.07. The van der Waals surface area contributed by atoms with Crippen molar-refractivity contribution in [1.82, 2.24) is 4.90 Å². The number of ketones is 1. The number of carbonyl (C=O) groups is 1. The fraction of sp³-hybridized carbons (Fsp3) is 0.562. The van der Waals surface area contributed by atoms with Crippen LogP contribution in [0.15, 0.2) is 24.3 Å². The Labute approximate surface area is 115 Å². The van der Waals surface area contributed by atoms with E-state index in [1.165, 1.54) is 11.1 Å². The second-order valence-corrected chi connectivity index (χ2v) is 5.32. The van der Waals surface area contributed by atoms with E-state index in [1.54, 1.807) is 6.92 Å². The maximum Gasteiger partial charge on any atom is 0.131 e. The van der Waals surface area contributed by atoms with E-state index in [9.17, 15) is 4.79 Å². The molecular formula is C16H23NO2. The van der Waals surface area contributed by atoms with Gasteiger partial charge < -0.3 is 5.11 Å². The first kappa shape index (κ1) is 14.2. The Hall–Kier alpha value is -1.19. The predicted molar refractivity (Wildman–Crippen MR) is 76.1 cm³/mol. The SMILES string of the molecule is CC(=O)CCN(CCCO)C1CCc2ccccc21. The van der Waals surface area contributed by atoms with Crippen LogP contribution >= 0.6 is 0 Å². The molecule has 0 radical (unpaired) electrons. The number of fused-ring (bicyclic) bond motifs is 1. The number of aliphatic hydroxyl groups is 1. The maximum absolute atomic E-state index is 11.2. The first-order valence-electron chi connectivity index (χ1n) is 7.14. The Morgan fingerprint density at radius 3 is 2.89 bits per heavy atom. The highest BCUT2D eigenvalue weighted by Crippen LogP contribution is 2.35. The Morgan fingerprint density at radius 1 is 1.37 bits per heavy atom. The summed E-state index contributed by atoms with van der Waals surface area (Å²) in [6, 6.07) is 9.00. The molecule has 1 atom stereocenters. The van der Waals surface area contributed by atoms with Crippen molar-refractivity contribution < 1.29 is 9.90 Å². The van der Waals surface area contributed by atoms with Gasteiger partial charge in [0.25, 0.3) is 0 Å². The number of aryl methyl sites for hydroxylation is 1. The van der Waals surface area contributed by atoms with E-state index in [1.807, 2.05) is 0 Å². The van der Waals surface area contributed by atoms with Gasteiger partial charge in [0, 0.05) is 32.2 Å². The highest BCUT2D eigenvalue weighted by Gasteiger charge is 2.27. The standard InChI is InChI=1S/C16H23NO2/c1-13(19)9-11-17(10-4-12-18)16-8-7-14-5-2-3-6-15(14)16/h2-3,5-6,16,18H,4,7-12H2,1H3. The number of nitrogens with zero attached hydrogens (tertiary/aromatic N) is 1. The third-order valence-electron chi connectivity index (χ3n) is 3.90. The van der Waals surface area contributed by atoms with Crippen molar-refractivity contribution in [3.8, 4) is 0 Å². The lowest BCUT2D eigenvalue weighted by molar-refractivity contribution is -0.117. The first-order valence-corrected chi connectivity index (χ1v) is 7.14. The summed E-state index contributed by atoms with van der Waals surface area (Å²) in [4.78, 5) is 13.6. The third kappa shape index (κ3) is 3.64. The van der Waals surface area contributed by atoms with Gasteiger partial charge in [-0.25, -0.2) is 0 Å². The van der Waals surface area contributed by atoms with Crippen molar-refractivity contribution >= 4 is 5.78 Å². The summed E-state index contributed by atoms with van der Waals surface area (Å²) in [5, 5.41) is 9.04. The number of carbonyl (C=O) groups excluding carboxylic acids is 1. The van der Waals surface area contributed by atoms with Gasteiger partial charge in [-0.05, 0) is 37.3 Å². The minimum atomic E-state index is 0.213. The van der Waals surface area contributed by atoms with Crippen molar-refractivity contribution in [2.45, 2.75) is 38.6 Å². The normalized spacial score (nSPS) is 17.7. The zero-order chi connectivity index (χ0) is 13.7. The summed E-state index contributed by atoms with van der Waals surface area (Å²) in [5.74, 6) is 0.236. The zero-order valence-corrected chi connectivity index (χ0v) is 11.6. The van der Waals surface area contributed by atoms with Crippen molar-refractivity contribution in [3.63, 3.8) is 0 Å². The molecule has 104 valence electrons. The quantitative estimate of drug-likeness (QED) is 0.819. The van der Waals surface area contributed by atoms with Crippen LogP contribution in [0.2, 0.25) is 0 Å². The summed E-state index contributed by atoms with van der Waals surface area (Å²) in [5.41, 5.74) is 2.84. The lowest BCUT2D eigenvalue weighted by atomic mass is 10.1. The summed E-state index contributed by atoms with van der Waals surface area (Å²) < 4.78 is 0. The van der Waals surface area contributed by atoms with Gasteiger partial charge in [-0.15, -0.1) is 0 Å². The van der Waals surface area contributed by atoms with Crippen LogP contribution in [-0.2, 0) is 11.2 Å². The zero-order valence-electron chi connectivity index (χ0n) is 11.6. The third-order valence-corrected chi connectivity index (χ3v) is 3.90. The van der Waals surface area contributed by atoms with Crippen molar-refractivity contribution in [2.24, 2.45) is 0 Å². The lowest BCUT2D eigenvalue weighted by Gasteiger charge is -2.29. The maximum atomic E-state index is 11.2. The van der Waals surface area contributed by atoms with Crippen molar-refractivity contribution in [1.29, 1.82) is 0 Å².